The first-order chi connectivity index (χ1) is 6.37. The minimum absolute atomic E-state index is 0.611. The molecule has 1 heterocycles. The lowest BCUT2D eigenvalue weighted by Crippen LogP contribution is -2.52. The molecule has 0 bridgehead atoms. The predicted molar refractivity (Wildman–Crippen MR) is 66.6 cm³/mol. The van der Waals surface area contributed by atoms with Gasteiger partial charge in [0.05, 0.1) is 0 Å². The third kappa shape index (κ3) is 1.87. The summed E-state index contributed by atoms with van der Waals surface area (Å²) in [5.74, 6) is 0. The van der Waals surface area contributed by atoms with Gasteiger partial charge in [-0.3, -0.25) is 9.84 Å². The van der Waals surface area contributed by atoms with Gasteiger partial charge < -0.3 is 0 Å². The highest BCUT2D eigenvalue weighted by Crippen LogP contribution is 2.32. The molecule has 1 aliphatic rings. The number of hydrogen-bond acceptors (Lipinski definition) is 2. The predicted octanol–water partition coefficient (Wildman–Crippen LogP) is 2.51. The van der Waals surface area contributed by atoms with Crippen LogP contribution in [0, 0.1) is 0 Å². The van der Waals surface area contributed by atoms with Crippen molar-refractivity contribution in [3.8, 4) is 0 Å². The number of hydrazine groups is 1. The van der Waals surface area contributed by atoms with Gasteiger partial charge in [-0.2, -0.15) is 0 Å². The standard InChI is InChI=1S/C10H24B2N2/c1-8(2)13-11(6)10(5)12(7)14(13)9(3)4/h8-10H,1-7H3. The van der Waals surface area contributed by atoms with Crippen LogP contribution in [0.5, 0.6) is 0 Å². The lowest BCUT2D eigenvalue weighted by atomic mass is 9.36. The highest BCUT2D eigenvalue weighted by molar-refractivity contribution is 6.79. The number of nitrogens with zero attached hydrogens (tertiary/aromatic N) is 2. The summed E-state index contributed by atoms with van der Waals surface area (Å²) in [5, 5.41) is 0. The maximum Gasteiger partial charge on any atom is 0.234 e. The average molecular weight is 194 g/mol. The molecule has 0 N–H and O–H groups in total. The lowest BCUT2D eigenvalue weighted by molar-refractivity contribution is 0.0964. The first-order valence-corrected chi connectivity index (χ1v) is 5.94. The maximum absolute atomic E-state index is 2.56. The summed E-state index contributed by atoms with van der Waals surface area (Å²) in [7, 11) is 0. The molecule has 4 heteroatoms. The SMILES string of the molecule is CB1C(C)B(C)N(C(C)C)N1C(C)C. The summed E-state index contributed by atoms with van der Waals surface area (Å²) in [5.41, 5.74) is 0.764. The monoisotopic (exact) mass is 194 g/mol. The van der Waals surface area contributed by atoms with Gasteiger partial charge in [0.25, 0.3) is 0 Å². The third-order valence-electron chi connectivity index (χ3n) is 3.68. The highest BCUT2D eigenvalue weighted by atomic mass is 15.6. The molecular weight excluding hydrogens is 170 g/mol. The fourth-order valence-electron chi connectivity index (χ4n) is 2.78. The molecule has 0 spiro atoms. The Labute approximate surface area is 90.2 Å². The molecule has 0 amide bonds. The molecule has 0 aromatic carbocycles. The van der Waals surface area contributed by atoms with Crippen LogP contribution in [0.25, 0.3) is 0 Å². The summed E-state index contributed by atoms with van der Waals surface area (Å²) in [6.45, 7) is 17.6. The Balaban J connectivity index is 2.89. The Hall–Kier alpha value is 0.0499. The molecule has 0 aromatic rings. The van der Waals surface area contributed by atoms with Gasteiger partial charge in [0.1, 0.15) is 0 Å². The van der Waals surface area contributed by atoms with Crippen LogP contribution in [0.15, 0.2) is 0 Å². The molecule has 0 unspecified atom stereocenters. The Morgan fingerprint density at radius 3 is 1.36 bits per heavy atom. The van der Waals surface area contributed by atoms with E-state index in [1.54, 1.807) is 0 Å². The van der Waals surface area contributed by atoms with Crippen LogP contribution in [0.3, 0.4) is 0 Å². The van der Waals surface area contributed by atoms with Crippen LogP contribution in [-0.2, 0) is 0 Å². The average Bonchev–Trinajstić information content (AvgIpc) is 2.29. The zero-order valence-electron chi connectivity index (χ0n) is 10.8. The maximum atomic E-state index is 2.56. The van der Waals surface area contributed by atoms with Gasteiger partial charge in [-0.25, -0.2) is 0 Å². The second kappa shape index (κ2) is 4.28. The molecule has 0 aliphatic carbocycles. The van der Waals surface area contributed by atoms with Crippen molar-refractivity contribution in [1.82, 2.24) is 9.84 Å². The van der Waals surface area contributed by atoms with Crippen LogP contribution in [0.2, 0.25) is 19.4 Å². The molecule has 1 aliphatic heterocycles. The smallest absolute Gasteiger partial charge is 0.234 e. The molecular formula is C10H24B2N2. The van der Waals surface area contributed by atoms with Crippen molar-refractivity contribution in [2.24, 2.45) is 0 Å². The Morgan fingerprint density at radius 2 is 1.14 bits per heavy atom. The van der Waals surface area contributed by atoms with Gasteiger partial charge >= 0.3 is 0 Å². The zero-order chi connectivity index (χ0) is 11.0. The van der Waals surface area contributed by atoms with E-state index in [9.17, 15) is 0 Å². The summed E-state index contributed by atoms with van der Waals surface area (Å²) >= 11 is 0. The molecule has 1 rings (SSSR count). The minimum atomic E-state index is 0.611. The summed E-state index contributed by atoms with van der Waals surface area (Å²) < 4.78 is 0. The molecule has 0 saturated carbocycles. The van der Waals surface area contributed by atoms with Crippen LogP contribution in [0.4, 0.5) is 0 Å². The molecule has 0 atom stereocenters. The second-order valence-electron chi connectivity index (χ2n) is 5.29. The molecule has 14 heavy (non-hydrogen) atoms. The van der Waals surface area contributed by atoms with Crippen LogP contribution >= 0.6 is 0 Å². The van der Waals surface area contributed by atoms with E-state index in [2.05, 4.69) is 58.1 Å². The minimum Gasteiger partial charge on any atom is -0.289 e. The van der Waals surface area contributed by atoms with Gasteiger partial charge in [0, 0.05) is 12.1 Å². The third-order valence-corrected chi connectivity index (χ3v) is 3.68. The van der Waals surface area contributed by atoms with E-state index in [1.807, 2.05) is 0 Å². The quantitative estimate of drug-likeness (QED) is 0.623. The summed E-state index contributed by atoms with van der Waals surface area (Å²) in [6.07, 6.45) is 0. The Kier molecular flexibility index (Phi) is 3.70. The molecule has 1 fully saturated rings. The van der Waals surface area contributed by atoms with E-state index >= 15 is 0 Å². The fourth-order valence-corrected chi connectivity index (χ4v) is 2.78. The molecule has 1 saturated heterocycles. The van der Waals surface area contributed by atoms with Crippen molar-refractivity contribution < 1.29 is 0 Å². The second-order valence-corrected chi connectivity index (χ2v) is 5.29. The lowest BCUT2D eigenvalue weighted by Gasteiger charge is -2.39. The van der Waals surface area contributed by atoms with Crippen LogP contribution in [-0.4, -0.2) is 35.6 Å². The van der Waals surface area contributed by atoms with Crippen molar-refractivity contribution in [2.75, 3.05) is 0 Å². The van der Waals surface area contributed by atoms with Gasteiger partial charge in [-0.1, -0.05) is 26.3 Å². The van der Waals surface area contributed by atoms with Crippen LogP contribution < -0.4 is 0 Å². The number of rotatable bonds is 2. The van der Waals surface area contributed by atoms with Gasteiger partial charge in [0.2, 0.25) is 13.7 Å². The normalized spacial score (nSPS) is 22.1. The Bertz CT molecular complexity index is 177. The van der Waals surface area contributed by atoms with Crippen molar-refractivity contribution in [1.29, 1.82) is 0 Å². The molecule has 0 aromatic heterocycles. The van der Waals surface area contributed by atoms with Gasteiger partial charge in [-0.15, -0.1) is 0 Å². The van der Waals surface area contributed by atoms with Crippen molar-refractivity contribution >= 4 is 13.7 Å². The van der Waals surface area contributed by atoms with Crippen molar-refractivity contribution in [3.05, 3.63) is 0 Å². The van der Waals surface area contributed by atoms with E-state index in [-0.39, 0.29) is 0 Å². The topological polar surface area (TPSA) is 6.48 Å². The summed E-state index contributed by atoms with van der Waals surface area (Å²) in [4.78, 5) is 5.11. The summed E-state index contributed by atoms with van der Waals surface area (Å²) in [6, 6.07) is 1.22. The first kappa shape index (κ1) is 12.1. The largest absolute Gasteiger partial charge is 0.289 e. The van der Waals surface area contributed by atoms with E-state index in [1.165, 1.54) is 0 Å². The van der Waals surface area contributed by atoms with Gasteiger partial charge in [0.15, 0.2) is 0 Å². The van der Waals surface area contributed by atoms with Gasteiger partial charge in [-0.05, 0) is 27.7 Å². The number of hydrogen-bond donors (Lipinski definition) is 0. The molecule has 2 nitrogen and oxygen atoms in total. The Morgan fingerprint density at radius 1 is 0.857 bits per heavy atom. The molecule has 80 valence electrons. The van der Waals surface area contributed by atoms with E-state index < -0.39 is 0 Å². The van der Waals surface area contributed by atoms with Crippen molar-refractivity contribution in [3.63, 3.8) is 0 Å². The van der Waals surface area contributed by atoms with E-state index in [4.69, 9.17) is 0 Å². The van der Waals surface area contributed by atoms with Crippen LogP contribution in [0.1, 0.15) is 34.6 Å². The molecule has 0 radical (unpaired) electrons. The van der Waals surface area contributed by atoms with E-state index in [0.717, 1.165) is 5.72 Å². The first-order valence-electron chi connectivity index (χ1n) is 5.94. The highest BCUT2D eigenvalue weighted by Gasteiger charge is 2.46. The van der Waals surface area contributed by atoms with Crippen molar-refractivity contribution in [2.45, 2.75) is 66.1 Å². The zero-order valence-corrected chi connectivity index (χ0v) is 10.8. The van der Waals surface area contributed by atoms with E-state index in [0.29, 0.717) is 25.8 Å². The fraction of sp³-hybridized carbons (Fsp3) is 1.00.